The third-order valence-corrected chi connectivity index (χ3v) is 7.55. The second-order valence-corrected chi connectivity index (χ2v) is 10.0. The summed E-state index contributed by atoms with van der Waals surface area (Å²) in [5.41, 5.74) is 2.41. The zero-order chi connectivity index (χ0) is 24.0. The zero-order valence-electron chi connectivity index (χ0n) is 20.4. The molecule has 0 aliphatic heterocycles. The molecule has 1 aliphatic carbocycles. The number of hydrogen-bond donors (Lipinski definition) is 1. The third kappa shape index (κ3) is 6.69. The van der Waals surface area contributed by atoms with Crippen molar-refractivity contribution in [3.05, 3.63) is 65.2 Å². The highest BCUT2D eigenvalue weighted by molar-refractivity contribution is 5.96. The average Bonchev–Trinajstić information content (AvgIpc) is 3.17. The predicted octanol–water partition coefficient (Wildman–Crippen LogP) is 6.85. The number of carbonyl (C=O) groups excluding carboxylic acids is 2. The summed E-state index contributed by atoms with van der Waals surface area (Å²) in [6.45, 7) is 9.33. The molecule has 4 heteroatoms. The fourth-order valence-electron chi connectivity index (χ4n) is 5.60. The summed E-state index contributed by atoms with van der Waals surface area (Å²) in [5.74, 6) is 2.68. The maximum atomic E-state index is 12.6. The van der Waals surface area contributed by atoms with Crippen LogP contribution in [0.5, 0.6) is 5.75 Å². The van der Waals surface area contributed by atoms with Crippen molar-refractivity contribution in [1.82, 2.24) is 0 Å². The van der Waals surface area contributed by atoms with Gasteiger partial charge in [0.25, 0.3) is 0 Å². The van der Waals surface area contributed by atoms with Crippen molar-refractivity contribution in [2.45, 2.75) is 59.8 Å². The van der Waals surface area contributed by atoms with Crippen LogP contribution < -0.4 is 0 Å². The number of hydrogen-bond acceptors (Lipinski definition) is 4. The summed E-state index contributed by atoms with van der Waals surface area (Å²) >= 11 is 0. The van der Waals surface area contributed by atoms with Crippen LogP contribution in [-0.4, -0.2) is 23.5 Å². The molecule has 5 unspecified atom stereocenters. The average molecular weight is 451 g/mol. The number of rotatable bonds is 10. The molecule has 0 amide bonds. The maximum absolute atomic E-state index is 12.6. The molecule has 0 aromatic heterocycles. The fourth-order valence-corrected chi connectivity index (χ4v) is 5.60. The predicted molar refractivity (Wildman–Crippen MR) is 131 cm³/mol. The molecule has 2 aromatic carbocycles. The van der Waals surface area contributed by atoms with Crippen LogP contribution in [0.25, 0.3) is 0 Å². The third-order valence-electron chi connectivity index (χ3n) is 7.55. The fraction of sp³-hybridized carbons (Fsp3) is 0.517. The Kier molecular flexibility index (Phi) is 8.71. The smallest absolute Gasteiger partial charge is 0.338 e. The first-order valence-corrected chi connectivity index (χ1v) is 12.3. The van der Waals surface area contributed by atoms with Crippen molar-refractivity contribution in [2.75, 3.05) is 6.61 Å². The van der Waals surface area contributed by atoms with Crippen LogP contribution in [0.4, 0.5) is 0 Å². The van der Waals surface area contributed by atoms with E-state index in [4.69, 9.17) is 4.74 Å². The van der Waals surface area contributed by atoms with E-state index in [1.165, 1.54) is 0 Å². The van der Waals surface area contributed by atoms with Crippen molar-refractivity contribution in [3.8, 4) is 5.75 Å². The van der Waals surface area contributed by atoms with E-state index in [1.54, 1.807) is 24.3 Å². The molecule has 1 N–H and O–H groups in total. The number of aromatic hydroxyl groups is 1. The number of esters is 1. The molecule has 0 bridgehead atoms. The van der Waals surface area contributed by atoms with Crippen molar-refractivity contribution in [2.24, 2.45) is 29.6 Å². The van der Waals surface area contributed by atoms with Gasteiger partial charge in [0, 0.05) is 12.0 Å². The van der Waals surface area contributed by atoms with Crippen LogP contribution in [0.15, 0.2) is 48.5 Å². The number of benzene rings is 2. The van der Waals surface area contributed by atoms with Crippen molar-refractivity contribution < 1.29 is 19.4 Å². The Bertz CT molecular complexity index is 916. The molecule has 0 spiro atoms. The summed E-state index contributed by atoms with van der Waals surface area (Å²) in [5, 5.41) is 9.43. The van der Waals surface area contributed by atoms with E-state index in [0.29, 0.717) is 53.7 Å². The van der Waals surface area contributed by atoms with E-state index in [9.17, 15) is 14.7 Å². The van der Waals surface area contributed by atoms with Crippen LogP contribution in [0.1, 0.15) is 79.2 Å². The summed E-state index contributed by atoms with van der Waals surface area (Å²) < 4.78 is 5.66. The molecule has 178 valence electrons. The van der Waals surface area contributed by atoms with Crippen LogP contribution >= 0.6 is 0 Å². The highest BCUT2D eigenvalue weighted by Crippen LogP contribution is 2.45. The van der Waals surface area contributed by atoms with Gasteiger partial charge in [-0.1, -0.05) is 44.9 Å². The number of carbonyl (C=O) groups is 2. The Morgan fingerprint density at radius 2 is 1.67 bits per heavy atom. The van der Waals surface area contributed by atoms with E-state index in [1.807, 2.05) is 31.2 Å². The minimum absolute atomic E-state index is 0.136. The van der Waals surface area contributed by atoms with E-state index in [2.05, 4.69) is 20.8 Å². The number of phenolic OH excluding ortho intramolecular Hbond substituents is 1. The molecule has 5 atom stereocenters. The van der Waals surface area contributed by atoms with Gasteiger partial charge in [-0.15, -0.1) is 0 Å². The first kappa shape index (κ1) is 25.0. The molecule has 0 saturated heterocycles. The lowest BCUT2D eigenvalue weighted by Gasteiger charge is -2.31. The van der Waals surface area contributed by atoms with E-state index in [0.717, 1.165) is 31.2 Å². The van der Waals surface area contributed by atoms with Gasteiger partial charge in [-0.2, -0.15) is 0 Å². The second-order valence-electron chi connectivity index (χ2n) is 10.0. The van der Waals surface area contributed by atoms with E-state index < -0.39 is 0 Å². The van der Waals surface area contributed by atoms with Gasteiger partial charge >= 0.3 is 5.97 Å². The van der Waals surface area contributed by atoms with Gasteiger partial charge in [-0.25, -0.2) is 4.79 Å². The highest BCUT2D eigenvalue weighted by atomic mass is 16.5. The number of aryl methyl sites for hydroxylation is 1. The maximum Gasteiger partial charge on any atom is 0.338 e. The van der Waals surface area contributed by atoms with Gasteiger partial charge in [0.05, 0.1) is 12.2 Å². The molecule has 2 aromatic rings. The molecule has 3 rings (SSSR count). The Balaban J connectivity index is 1.50. The largest absolute Gasteiger partial charge is 0.508 e. The molecule has 4 nitrogen and oxygen atoms in total. The lowest BCUT2D eigenvalue weighted by molar-refractivity contribution is 0.0435. The Morgan fingerprint density at radius 3 is 2.30 bits per heavy atom. The van der Waals surface area contributed by atoms with Gasteiger partial charge in [-0.3, -0.25) is 4.79 Å². The van der Waals surface area contributed by atoms with Gasteiger partial charge < -0.3 is 9.84 Å². The van der Waals surface area contributed by atoms with Gasteiger partial charge in [0.2, 0.25) is 0 Å². The standard InChI is InChI=1S/C29H38O4/c1-5-26(20(3)8-15-28(31)23-11-13-25(30)14-12-23)27-17-22(16-21(27)4)18-33-29(32)24-9-6-19(2)7-10-24/h6-7,9-14,20-22,26-27,30H,5,8,15-18H2,1-4H3. The van der Waals surface area contributed by atoms with Crippen molar-refractivity contribution >= 4 is 11.8 Å². The van der Waals surface area contributed by atoms with Gasteiger partial charge in [0.1, 0.15) is 5.75 Å². The molecule has 0 radical (unpaired) electrons. The minimum Gasteiger partial charge on any atom is -0.508 e. The normalized spacial score (nSPS) is 22.0. The monoisotopic (exact) mass is 450 g/mol. The molecule has 33 heavy (non-hydrogen) atoms. The quantitative estimate of drug-likeness (QED) is 0.318. The summed E-state index contributed by atoms with van der Waals surface area (Å²) in [7, 11) is 0. The van der Waals surface area contributed by atoms with Crippen LogP contribution in [0, 0.1) is 36.5 Å². The number of Topliss-reactive ketones (excluding diaryl/α,β-unsaturated/α-hetero) is 1. The number of ether oxygens (including phenoxy) is 1. The number of phenols is 1. The van der Waals surface area contributed by atoms with Crippen molar-refractivity contribution in [1.29, 1.82) is 0 Å². The topological polar surface area (TPSA) is 63.6 Å². The minimum atomic E-state index is -0.237. The SMILES string of the molecule is CCC(C(C)CCC(=O)c1ccc(O)cc1)C1CC(COC(=O)c2ccc(C)cc2)CC1C. The second kappa shape index (κ2) is 11.5. The van der Waals surface area contributed by atoms with Crippen LogP contribution in [-0.2, 0) is 4.74 Å². The van der Waals surface area contributed by atoms with E-state index in [-0.39, 0.29) is 17.5 Å². The van der Waals surface area contributed by atoms with Crippen LogP contribution in [0.3, 0.4) is 0 Å². The van der Waals surface area contributed by atoms with Gasteiger partial charge in [0.15, 0.2) is 5.78 Å². The molecular weight excluding hydrogens is 412 g/mol. The first-order chi connectivity index (χ1) is 15.8. The summed E-state index contributed by atoms with van der Waals surface area (Å²) in [6, 6.07) is 14.0. The van der Waals surface area contributed by atoms with Crippen molar-refractivity contribution in [3.63, 3.8) is 0 Å². The molecule has 1 fully saturated rings. The Labute approximate surface area is 198 Å². The number of ketones is 1. The Morgan fingerprint density at radius 1 is 1.03 bits per heavy atom. The first-order valence-electron chi connectivity index (χ1n) is 12.3. The highest BCUT2D eigenvalue weighted by Gasteiger charge is 2.38. The summed E-state index contributed by atoms with van der Waals surface area (Å²) in [6.07, 6.45) is 4.66. The molecule has 1 saturated carbocycles. The summed E-state index contributed by atoms with van der Waals surface area (Å²) in [4.78, 5) is 25.0. The molecular formula is C29H38O4. The van der Waals surface area contributed by atoms with Gasteiger partial charge in [-0.05, 0) is 92.2 Å². The molecule has 1 aliphatic rings. The van der Waals surface area contributed by atoms with Crippen LogP contribution in [0.2, 0.25) is 0 Å². The van der Waals surface area contributed by atoms with E-state index >= 15 is 0 Å². The zero-order valence-corrected chi connectivity index (χ0v) is 20.4. The Hall–Kier alpha value is -2.62. The lowest BCUT2D eigenvalue weighted by Crippen LogP contribution is -2.24. The molecule has 0 heterocycles. The lowest BCUT2D eigenvalue weighted by atomic mass is 9.74.